The Morgan fingerprint density at radius 2 is 1.70 bits per heavy atom. The fraction of sp³-hybridized carbons (Fsp3) is 0.314. The van der Waals surface area contributed by atoms with Crippen molar-refractivity contribution in [2.24, 2.45) is 0 Å². The number of nitrogens with zero attached hydrogens (tertiary/aromatic N) is 3. The molecule has 5 aromatic rings. The third kappa shape index (κ3) is 4.91. The van der Waals surface area contributed by atoms with E-state index in [1.165, 1.54) is 24.0 Å². The zero-order valence-corrected chi connectivity index (χ0v) is 26.4. The predicted molar refractivity (Wildman–Crippen MR) is 155 cm³/mol. The molecule has 1 aliphatic heterocycles. The molecule has 0 saturated heterocycles. The Morgan fingerprint density at radius 1 is 0.925 bits per heavy atom. The van der Waals surface area contributed by atoms with Crippen LogP contribution in [0.25, 0.3) is 28.0 Å². The maximum atomic E-state index is 6.38. The van der Waals surface area contributed by atoms with Gasteiger partial charge in [0.15, 0.2) is 0 Å². The van der Waals surface area contributed by atoms with Gasteiger partial charge < -0.3 is 18.9 Å². The van der Waals surface area contributed by atoms with Crippen molar-refractivity contribution >= 4 is 11.0 Å². The molecule has 5 heteroatoms. The average molecular weight is 706 g/mol. The van der Waals surface area contributed by atoms with Crippen molar-refractivity contribution in [2.75, 3.05) is 0 Å². The summed E-state index contributed by atoms with van der Waals surface area (Å²) in [6, 6.07) is 29.4. The van der Waals surface area contributed by atoms with E-state index in [4.69, 9.17) is 4.74 Å². The quantitative estimate of drug-likeness (QED) is 0.135. The van der Waals surface area contributed by atoms with Crippen molar-refractivity contribution in [1.82, 2.24) is 9.55 Å². The number of para-hydroxylation sites is 1. The van der Waals surface area contributed by atoms with Gasteiger partial charge in [-0.05, 0) is 49.2 Å². The fourth-order valence-corrected chi connectivity index (χ4v) is 5.69. The van der Waals surface area contributed by atoms with Gasteiger partial charge in [0.1, 0.15) is 5.75 Å². The number of fused-ring (bicyclic) bond motifs is 3. The van der Waals surface area contributed by atoms with Gasteiger partial charge in [-0.15, -0.1) is 47.5 Å². The van der Waals surface area contributed by atoms with Crippen LogP contribution in [0.15, 0.2) is 72.9 Å². The Morgan fingerprint density at radius 3 is 2.40 bits per heavy atom. The van der Waals surface area contributed by atoms with E-state index in [0.717, 1.165) is 39.5 Å². The van der Waals surface area contributed by atoms with Crippen LogP contribution in [0.2, 0.25) is 0 Å². The third-order valence-corrected chi connectivity index (χ3v) is 8.08. The molecule has 0 radical (unpaired) electrons. The smallest absolute Gasteiger partial charge is 0.527 e. The number of hydrogen-bond donors (Lipinski definition) is 0. The minimum atomic E-state index is 0. The second-order valence-corrected chi connectivity index (χ2v) is 12.2. The Labute approximate surface area is 251 Å². The Kier molecular flexibility index (Phi) is 7.50. The van der Waals surface area contributed by atoms with Gasteiger partial charge in [0, 0.05) is 11.9 Å². The van der Waals surface area contributed by atoms with Gasteiger partial charge in [-0.25, -0.2) is 0 Å². The van der Waals surface area contributed by atoms with E-state index < -0.39 is 0 Å². The molecular formula is C35H35IrN3O+. The number of imidazole rings is 1. The first-order chi connectivity index (χ1) is 18.7. The molecule has 0 N–H and O–H groups in total. The van der Waals surface area contributed by atoms with Crippen molar-refractivity contribution in [3.63, 3.8) is 0 Å². The van der Waals surface area contributed by atoms with Gasteiger partial charge in [0.25, 0.3) is 0 Å². The standard InChI is InChI=1S/C24H27N2O.C11H8N.Ir/c1-15(2)25-14-26-19-12-16-17(24(5,6)11-10-23(16,3)4)13-21(19)27-20-9-7-8-18(25)22(20)26;1-2-6-10(7-3-1)11-8-4-5-9-12-11;/h7-9,13,15H,10-11H2,1-6H3;1-6,8-9H;/q2*-1;+3. The normalized spacial score (nSPS) is 15.7. The molecule has 0 amide bonds. The zero-order valence-electron chi connectivity index (χ0n) is 24.0. The van der Waals surface area contributed by atoms with Crippen molar-refractivity contribution in [3.8, 4) is 28.4 Å². The molecule has 0 atom stereocenters. The number of aromatic nitrogens is 3. The Balaban J connectivity index is 0.000000209. The van der Waals surface area contributed by atoms with Gasteiger partial charge >= 0.3 is 20.1 Å². The first-order valence-electron chi connectivity index (χ1n) is 13.8. The molecule has 40 heavy (non-hydrogen) atoms. The molecule has 0 fully saturated rings. The molecule has 0 saturated carbocycles. The number of pyridine rings is 1. The summed E-state index contributed by atoms with van der Waals surface area (Å²) in [5.41, 5.74) is 8.20. The summed E-state index contributed by atoms with van der Waals surface area (Å²) in [7, 11) is 0. The maximum absolute atomic E-state index is 6.38. The van der Waals surface area contributed by atoms with Crippen LogP contribution in [0.3, 0.4) is 0 Å². The fourth-order valence-electron chi connectivity index (χ4n) is 5.69. The molecular weight excluding hydrogens is 671 g/mol. The van der Waals surface area contributed by atoms with Crippen LogP contribution in [0, 0.1) is 18.5 Å². The van der Waals surface area contributed by atoms with E-state index >= 15 is 0 Å². The Hall–Kier alpha value is -3.27. The SMILES string of the molecule is CC(C)n1[c-][n+]2c3c(cccc31)Oc1cc3c([c-]c1-2)C(C)(C)CCC3(C)C.[Ir+3].[c-]1ccccc1-c1ccccn1. The monoisotopic (exact) mass is 706 g/mol. The van der Waals surface area contributed by atoms with E-state index in [1.54, 1.807) is 6.20 Å². The summed E-state index contributed by atoms with van der Waals surface area (Å²) in [5.74, 6) is 1.79. The van der Waals surface area contributed by atoms with Crippen LogP contribution < -0.4 is 9.30 Å². The van der Waals surface area contributed by atoms with Crippen LogP contribution >= 0.6 is 0 Å². The van der Waals surface area contributed by atoms with Crippen LogP contribution in [0.4, 0.5) is 0 Å². The van der Waals surface area contributed by atoms with Crippen LogP contribution in [0.5, 0.6) is 11.5 Å². The zero-order chi connectivity index (χ0) is 27.4. The molecule has 204 valence electrons. The molecule has 3 aromatic carbocycles. The molecule has 3 heterocycles. The summed E-state index contributed by atoms with van der Waals surface area (Å²) in [6.07, 6.45) is 7.71. The second-order valence-electron chi connectivity index (χ2n) is 12.2. The number of benzene rings is 3. The van der Waals surface area contributed by atoms with Gasteiger partial charge in [-0.3, -0.25) is 0 Å². The summed E-state index contributed by atoms with van der Waals surface area (Å²) < 4.78 is 10.7. The maximum Gasteiger partial charge on any atom is 3.00 e. The molecule has 1 aliphatic carbocycles. The van der Waals surface area contributed by atoms with Gasteiger partial charge in [0.2, 0.25) is 6.33 Å². The summed E-state index contributed by atoms with van der Waals surface area (Å²) >= 11 is 0. The number of rotatable bonds is 2. The third-order valence-electron chi connectivity index (χ3n) is 8.08. The van der Waals surface area contributed by atoms with Crippen molar-refractivity contribution in [2.45, 2.75) is 71.3 Å². The van der Waals surface area contributed by atoms with E-state index in [9.17, 15) is 0 Å². The first kappa shape index (κ1) is 28.3. The molecule has 0 spiro atoms. The van der Waals surface area contributed by atoms with Gasteiger partial charge in [0.05, 0.1) is 17.1 Å². The molecule has 7 rings (SSSR count). The summed E-state index contributed by atoms with van der Waals surface area (Å²) in [5, 5.41) is 0. The van der Waals surface area contributed by atoms with Crippen LogP contribution in [-0.4, -0.2) is 9.55 Å². The molecule has 2 aromatic heterocycles. The number of hydrogen-bond acceptors (Lipinski definition) is 2. The summed E-state index contributed by atoms with van der Waals surface area (Å²) in [6.45, 7) is 13.7. The topological polar surface area (TPSA) is 30.9 Å². The van der Waals surface area contributed by atoms with Crippen molar-refractivity contribution in [3.05, 3.63) is 103 Å². The van der Waals surface area contributed by atoms with Crippen molar-refractivity contribution in [1.29, 1.82) is 0 Å². The molecule has 0 bridgehead atoms. The summed E-state index contributed by atoms with van der Waals surface area (Å²) in [4.78, 5) is 4.22. The minimum Gasteiger partial charge on any atom is -0.527 e. The average Bonchev–Trinajstić information content (AvgIpc) is 3.34. The van der Waals surface area contributed by atoms with Crippen molar-refractivity contribution < 1.29 is 29.4 Å². The van der Waals surface area contributed by atoms with E-state index in [1.807, 2.05) is 42.5 Å². The predicted octanol–water partition coefficient (Wildman–Crippen LogP) is 8.10. The van der Waals surface area contributed by atoms with Crippen LogP contribution in [0.1, 0.15) is 71.6 Å². The van der Waals surface area contributed by atoms with Gasteiger partial charge in [-0.2, -0.15) is 11.6 Å². The molecule has 4 nitrogen and oxygen atoms in total. The molecule has 0 unspecified atom stereocenters. The molecule has 2 aliphatic rings. The van der Waals surface area contributed by atoms with Crippen LogP contribution in [-0.2, 0) is 30.9 Å². The van der Waals surface area contributed by atoms with E-state index in [0.29, 0.717) is 6.04 Å². The largest absolute Gasteiger partial charge is 3.00 e. The Bertz CT molecular complexity index is 1620. The second kappa shape index (κ2) is 10.6. The first-order valence-corrected chi connectivity index (χ1v) is 13.8. The van der Waals surface area contributed by atoms with E-state index in [-0.39, 0.29) is 30.9 Å². The van der Waals surface area contributed by atoms with Gasteiger partial charge in [-0.1, -0.05) is 63.8 Å². The minimum absolute atomic E-state index is 0. The number of ether oxygens (including phenoxy) is 1. The van der Waals surface area contributed by atoms with E-state index in [2.05, 4.69) is 98.4 Å².